The van der Waals surface area contributed by atoms with Crippen LogP contribution < -0.4 is 15.2 Å². The maximum absolute atomic E-state index is 13.5. The van der Waals surface area contributed by atoms with Gasteiger partial charge in [-0.2, -0.15) is 5.26 Å². The van der Waals surface area contributed by atoms with Crippen LogP contribution in [0.2, 0.25) is 0 Å². The van der Waals surface area contributed by atoms with Crippen molar-refractivity contribution in [1.29, 1.82) is 5.26 Å². The monoisotopic (exact) mass is 471 g/mol. The fourth-order valence-corrected chi connectivity index (χ4v) is 5.45. The summed E-state index contributed by atoms with van der Waals surface area (Å²) in [5.41, 5.74) is 2.81. The van der Waals surface area contributed by atoms with Crippen molar-refractivity contribution in [2.24, 2.45) is 0 Å². The van der Waals surface area contributed by atoms with E-state index in [0.717, 1.165) is 53.6 Å². The van der Waals surface area contributed by atoms with Crippen LogP contribution in [0.3, 0.4) is 0 Å². The Hall–Kier alpha value is -3.67. The molecule has 0 radical (unpaired) electrons. The lowest BCUT2D eigenvalue weighted by Gasteiger charge is -2.36. The molecule has 3 heterocycles. The van der Waals surface area contributed by atoms with Crippen LogP contribution in [0.4, 0.5) is 5.69 Å². The number of benzene rings is 2. The first-order valence-electron chi connectivity index (χ1n) is 11.2. The van der Waals surface area contributed by atoms with Crippen LogP contribution in [-0.4, -0.2) is 47.7 Å². The second-order valence-corrected chi connectivity index (χ2v) is 9.07. The van der Waals surface area contributed by atoms with Gasteiger partial charge in [-0.05, 0) is 17.7 Å². The first-order valence-corrected chi connectivity index (χ1v) is 12.1. The number of rotatable bonds is 6. The second kappa shape index (κ2) is 9.67. The van der Waals surface area contributed by atoms with Crippen molar-refractivity contribution in [2.45, 2.75) is 13.1 Å². The molecule has 0 atom stereocenters. The van der Waals surface area contributed by atoms with Crippen molar-refractivity contribution >= 4 is 27.2 Å². The van der Waals surface area contributed by atoms with Crippen LogP contribution in [0.25, 0.3) is 21.3 Å². The Bertz CT molecular complexity index is 1400. The molecule has 4 aromatic rings. The van der Waals surface area contributed by atoms with E-state index in [0.29, 0.717) is 17.8 Å². The molecule has 2 aromatic heterocycles. The van der Waals surface area contributed by atoms with Crippen molar-refractivity contribution in [3.63, 3.8) is 0 Å². The Morgan fingerprint density at radius 2 is 1.79 bits per heavy atom. The number of ether oxygens (including phenoxy) is 1. The van der Waals surface area contributed by atoms with Gasteiger partial charge in [0.25, 0.3) is 5.56 Å². The number of methoxy groups -OCH3 is 1. The summed E-state index contributed by atoms with van der Waals surface area (Å²) in [5, 5.41) is 12.0. The van der Waals surface area contributed by atoms with Gasteiger partial charge in [0.05, 0.1) is 30.8 Å². The number of nitriles is 1. The third kappa shape index (κ3) is 4.16. The van der Waals surface area contributed by atoms with Gasteiger partial charge in [-0.3, -0.25) is 14.3 Å². The van der Waals surface area contributed by atoms with Crippen molar-refractivity contribution in [1.82, 2.24) is 14.5 Å². The zero-order valence-corrected chi connectivity index (χ0v) is 19.8. The summed E-state index contributed by atoms with van der Waals surface area (Å²) in [7, 11) is 1.69. The van der Waals surface area contributed by atoms with Crippen molar-refractivity contribution in [2.75, 3.05) is 38.2 Å². The van der Waals surface area contributed by atoms with Gasteiger partial charge in [0.1, 0.15) is 22.9 Å². The number of hydrogen-bond donors (Lipinski definition) is 0. The smallest absolute Gasteiger partial charge is 0.263 e. The van der Waals surface area contributed by atoms with Gasteiger partial charge in [-0.25, -0.2) is 4.98 Å². The molecule has 172 valence electrons. The van der Waals surface area contributed by atoms with E-state index in [2.05, 4.69) is 21.9 Å². The summed E-state index contributed by atoms with van der Waals surface area (Å²) in [6.45, 7) is 3.88. The topological polar surface area (TPSA) is 74.4 Å². The molecular weight excluding hydrogens is 446 g/mol. The SMILES string of the molecule is COc1ccccc1N1CCN(Cc2nc3scc(-c4ccccc4)c3c(=O)n2CC#N)CC1. The van der Waals surface area contributed by atoms with Gasteiger partial charge < -0.3 is 9.64 Å². The Balaban J connectivity index is 1.41. The van der Waals surface area contributed by atoms with E-state index in [1.807, 2.05) is 53.9 Å². The number of fused-ring (bicyclic) bond motifs is 1. The first-order chi connectivity index (χ1) is 16.7. The van der Waals surface area contributed by atoms with Gasteiger partial charge in [0.2, 0.25) is 0 Å². The Morgan fingerprint density at radius 3 is 2.53 bits per heavy atom. The quantitative estimate of drug-likeness (QED) is 0.424. The minimum Gasteiger partial charge on any atom is -0.495 e. The van der Waals surface area contributed by atoms with Crippen molar-refractivity contribution in [3.05, 3.63) is 76.2 Å². The fourth-order valence-electron chi connectivity index (χ4n) is 4.49. The molecule has 8 heteroatoms. The molecule has 5 rings (SSSR count). The lowest BCUT2D eigenvalue weighted by Crippen LogP contribution is -2.46. The Labute approximate surface area is 202 Å². The van der Waals surface area contributed by atoms with Crippen LogP contribution >= 0.6 is 11.3 Å². The van der Waals surface area contributed by atoms with E-state index in [1.54, 1.807) is 7.11 Å². The fraction of sp³-hybridized carbons (Fsp3) is 0.269. The van der Waals surface area contributed by atoms with E-state index in [-0.39, 0.29) is 12.1 Å². The molecule has 7 nitrogen and oxygen atoms in total. The van der Waals surface area contributed by atoms with Crippen LogP contribution in [0.15, 0.2) is 64.8 Å². The van der Waals surface area contributed by atoms with Crippen LogP contribution in [-0.2, 0) is 13.1 Å². The normalized spacial score (nSPS) is 14.3. The zero-order valence-electron chi connectivity index (χ0n) is 19.0. The minimum atomic E-state index is -0.144. The van der Waals surface area contributed by atoms with Gasteiger partial charge >= 0.3 is 0 Å². The average Bonchev–Trinajstić information content (AvgIpc) is 3.31. The number of hydrogen-bond acceptors (Lipinski definition) is 7. The highest BCUT2D eigenvalue weighted by Gasteiger charge is 2.23. The molecular formula is C26H25N5O2S. The number of thiophene rings is 1. The number of piperazine rings is 1. The average molecular weight is 472 g/mol. The minimum absolute atomic E-state index is 0.0115. The highest BCUT2D eigenvalue weighted by Crippen LogP contribution is 2.31. The van der Waals surface area contributed by atoms with Gasteiger partial charge in [0.15, 0.2) is 0 Å². The standard InChI is InChI=1S/C26H25N5O2S/c1-33-22-10-6-5-9-21(22)30-15-13-29(14-16-30)17-23-28-25-24(26(32)31(23)12-11-27)20(18-34-25)19-7-3-2-4-8-19/h2-10,18H,12-17H2,1H3. The molecule has 0 spiro atoms. The lowest BCUT2D eigenvalue weighted by atomic mass is 10.1. The van der Waals surface area contributed by atoms with Crippen molar-refractivity contribution < 1.29 is 4.74 Å². The first kappa shape index (κ1) is 22.1. The molecule has 0 unspecified atom stereocenters. The molecule has 0 aliphatic carbocycles. The molecule has 0 amide bonds. The number of para-hydroxylation sites is 2. The maximum Gasteiger partial charge on any atom is 0.263 e. The molecule has 34 heavy (non-hydrogen) atoms. The molecule has 0 saturated carbocycles. The summed E-state index contributed by atoms with van der Waals surface area (Å²) in [5.74, 6) is 1.52. The van der Waals surface area contributed by atoms with Crippen molar-refractivity contribution in [3.8, 4) is 22.9 Å². The number of nitrogens with zero attached hydrogens (tertiary/aromatic N) is 5. The van der Waals surface area contributed by atoms with Gasteiger partial charge in [0, 0.05) is 37.1 Å². The molecule has 1 aliphatic heterocycles. The summed E-state index contributed by atoms with van der Waals surface area (Å²) >= 11 is 1.48. The molecule has 1 aliphatic rings. The molecule has 1 fully saturated rings. The van der Waals surface area contributed by atoms with E-state index < -0.39 is 0 Å². The third-order valence-electron chi connectivity index (χ3n) is 6.25. The zero-order chi connectivity index (χ0) is 23.5. The highest BCUT2D eigenvalue weighted by atomic mass is 32.1. The number of aromatic nitrogens is 2. The van der Waals surface area contributed by atoms with E-state index in [4.69, 9.17) is 9.72 Å². The van der Waals surface area contributed by atoms with Crippen LogP contribution in [0.1, 0.15) is 5.82 Å². The predicted octanol–water partition coefficient (Wildman–Crippen LogP) is 3.98. The molecule has 0 N–H and O–H groups in total. The number of anilines is 1. The molecule has 2 aromatic carbocycles. The summed E-state index contributed by atoms with van der Waals surface area (Å²) in [6.07, 6.45) is 0. The summed E-state index contributed by atoms with van der Waals surface area (Å²) in [6, 6.07) is 20.1. The van der Waals surface area contributed by atoms with E-state index in [1.165, 1.54) is 15.9 Å². The predicted molar refractivity (Wildman–Crippen MR) is 135 cm³/mol. The van der Waals surface area contributed by atoms with Gasteiger partial charge in [-0.1, -0.05) is 42.5 Å². The molecule has 0 bridgehead atoms. The second-order valence-electron chi connectivity index (χ2n) is 8.21. The Kier molecular flexibility index (Phi) is 6.30. The third-order valence-corrected chi connectivity index (χ3v) is 7.12. The van der Waals surface area contributed by atoms with E-state index in [9.17, 15) is 10.1 Å². The van der Waals surface area contributed by atoms with Crippen LogP contribution in [0.5, 0.6) is 5.75 Å². The van der Waals surface area contributed by atoms with E-state index >= 15 is 0 Å². The maximum atomic E-state index is 13.5. The summed E-state index contributed by atoms with van der Waals surface area (Å²) in [4.78, 5) is 23.7. The van der Waals surface area contributed by atoms with Crippen LogP contribution in [0, 0.1) is 11.3 Å². The largest absolute Gasteiger partial charge is 0.495 e. The lowest BCUT2D eigenvalue weighted by molar-refractivity contribution is 0.239. The Morgan fingerprint density at radius 1 is 1.06 bits per heavy atom. The highest BCUT2D eigenvalue weighted by molar-refractivity contribution is 7.17. The molecule has 1 saturated heterocycles. The van der Waals surface area contributed by atoms with Gasteiger partial charge in [-0.15, -0.1) is 11.3 Å². The summed E-state index contributed by atoms with van der Waals surface area (Å²) < 4.78 is 7.05.